The first-order chi connectivity index (χ1) is 5.94. The van der Waals surface area contributed by atoms with Crippen LogP contribution in [0.1, 0.15) is 12.6 Å². The molecule has 5 nitrogen and oxygen atoms in total. The summed E-state index contributed by atoms with van der Waals surface area (Å²) in [6.07, 6.45) is 1.64. The van der Waals surface area contributed by atoms with E-state index in [9.17, 15) is 8.42 Å². The van der Waals surface area contributed by atoms with Crippen molar-refractivity contribution in [2.75, 3.05) is 10.5 Å². The van der Waals surface area contributed by atoms with Crippen molar-refractivity contribution in [3.63, 3.8) is 0 Å². The molecule has 0 aromatic carbocycles. The monoisotopic (exact) mass is 203 g/mol. The Hall–Kier alpha value is -1.04. The van der Waals surface area contributed by atoms with E-state index in [1.807, 2.05) is 0 Å². The average molecular weight is 203 g/mol. The van der Waals surface area contributed by atoms with Gasteiger partial charge in [-0.2, -0.15) is 5.10 Å². The first-order valence-corrected chi connectivity index (χ1v) is 5.60. The summed E-state index contributed by atoms with van der Waals surface area (Å²) in [4.78, 5) is 0. The van der Waals surface area contributed by atoms with Crippen LogP contribution in [0.3, 0.4) is 0 Å². The van der Waals surface area contributed by atoms with E-state index in [2.05, 4.69) is 9.82 Å². The summed E-state index contributed by atoms with van der Waals surface area (Å²) in [5.74, 6) is 0.0708. The van der Waals surface area contributed by atoms with E-state index in [1.165, 1.54) is 0 Å². The van der Waals surface area contributed by atoms with Gasteiger partial charge in [-0.3, -0.25) is 9.40 Å². The second-order valence-electron chi connectivity index (χ2n) is 2.81. The van der Waals surface area contributed by atoms with Crippen molar-refractivity contribution in [1.82, 2.24) is 9.78 Å². The Kier molecular flexibility index (Phi) is 2.60. The highest BCUT2D eigenvalue weighted by atomic mass is 32.2. The van der Waals surface area contributed by atoms with Crippen LogP contribution >= 0.6 is 0 Å². The fourth-order valence-corrected chi connectivity index (χ4v) is 1.62. The topological polar surface area (TPSA) is 64.0 Å². The molecule has 0 bridgehead atoms. The van der Waals surface area contributed by atoms with E-state index in [0.717, 1.165) is 0 Å². The highest BCUT2D eigenvalue weighted by molar-refractivity contribution is 7.92. The molecule has 0 aliphatic heterocycles. The Morgan fingerprint density at radius 2 is 2.23 bits per heavy atom. The van der Waals surface area contributed by atoms with Crippen LogP contribution in [0.2, 0.25) is 0 Å². The van der Waals surface area contributed by atoms with Crippen LogP contribution in [0.5, 0.6) is 0 Å². The van der Waals surface area contributed by atoms with E-state index in [-0.39, 0.29) is 5.75 Å². The molecular weight excluding hydrogens is 190 g/mol. The van der Waals surface area contributed by atoms with Crippen LogP contribution in [0.4, 0.5) is 5.69 Å². The van der Waals surface area contributed by atoms with Gasteiger partial charge in [0.15, 0.2) is 0 Å². The van der Waals surface area contributed by atoms with Crippen molar-refractivity contribution >= 4 is 15.7 Å². The lowest BCUT2D eigenvalue weighted by Gasteiger charge is -2.02. The van der Waals surface area contributed by atoms with Gasteiger partial charge in [0.2, 0.25) is 10.0 Å². The first-order valence-electron chi connectivity index (χ1n) is 3.95. The van der Waals surface area contributed by atoms with Crippen LogP contribution in [0, 0.1) is 6.92 Å². The van der Waals surface area contributed by atoms with Gasteiger partial charge in [-0.1, -0.05) is 0 Å². The van der Waals surface area contributed by atoms with Gasteiger partial charge in [-0.25, -0.2) is 8.42 Å². The molecule has 74 valence electrons. The fourth-order valence-electron chi connectivity index (χ4n) is 0.939. The van der Waals surface area contributed by atoms with Crippen molar-refractivity contribution in [3.05, 3.63) is 11.9 Å². The predicted octanol–water partition coefficient (Wildman–Crippen LogP) is 0.490. The summed E-state index contributed by atoms with van der Waals surface area (Å²) in [5, 5.41) is 4.02. The maximum absolute atomic E-state index is 11.2. The molecule has 0 radical (unpaired) electrons. The number of aryl methyl sites for hydroxylation is 2. The summed E-state index contributed by atoms with van der Waals surface area (Å²) < 4.78 is 26.4. The van der Waals surface area contributed by atoms with Gasteiger partial charge < -0.3 is 0 Å². The van der Waals surface area contributed by atoms with Gasteiger partial charge >= 0.3 is 0 Å². The minimum atomic E-state index is -3.19. The zero-order valence-corrected chi connectivity index (χ0v) is 8.72. The summed E-state index contributed by atoms with van der Waals surface area (Å²) in [6.45, 7) is 3.35. The van der Waals surface area contributed by atoms with Gasteiger partial charge in [-0.15, -0.1) is 0 Å². The standard InChI is InChI=1S/C7H13N3O2S/c1-4-13(11,12)9-7-5-10(3)8-6(7)2/h5,9H,4H2,1-3H3. The number of nitrogens with zero attached hydrogens (tertiary/aromatic N) is 2. The van der Waals surface area contributed by atoms with E-state index >= 15 is 0 Å². The van der Waals surface area contributed by atoms with Gasteiger partial charge in [0.1, 0.15) is 0 Å². The molecule has 0 aliphatic carbocycles. The second kappa shape index (κ2) is 3.37. The number of anilines is 1. The molecule has 0 spiro atoms. The van der Waals surface area contributed by atoms with Gasteiger partial charge in [-0.05, 0) is 13.8 Å². The third-order valence-electron chi connectivity index (χ3n) is 1.66. The van der Waals surface area contributed by atoms with E-state index in [4.69, 9.17) is 0 Å². The Labute approximate surface area is 77.8 Å². The largest absolute Gasteiger partial charge is 0.280 e. The lowest BCUT2D eigenvalue weighted by molar-refractivity contribution is 0.602. The highest BCUT2D eigenvalue weighted by Gasteiger charge is 2.10. The lowest BCUT2D eigenvalue weighted by atomic mass is 10.4. The van der Waals surface area contributed by atoms with Crippen LogP contribution < -0.4 is 4.72 Å². The number of hydrogen-bond acceptors (Lipinski definition) is 3. The van der Waals surface area contributed by atoms with Crippen LogP contribution in [0.15, 0.2) is 6.20 Å². The van der Waals surface area contributed by atoms with E-state index in [0.29, 0.717) is 11.4 Å². The molecule has 0 amide bonds. The van der Waals surface area contributed by atoms with Crippen LogP contribution in [-0.2, 0) is 17.1 Å². The quantitative estimate of drug-likeness (QED) is 0.777. The van der Waals surface area contributed by atoms with Crippen molar-refractivity contribution in [2.45, 2.75) is 13.8 Å². The number of nitrogens with one attached hydrogen (secondary N) is 1. The van der Waals surface area contributed by atoms with Gasteiger partial charge in [0.25, 0.3) is 0 Å². The second-order valence-corrected chi connectivity index (χ2v) is 4.82. The molecule has 1 aromatic heterocycles. The summed E-state index contributed by atoms with van der Waals surface area (Å²) >= 11 is 0. The average Bonchev–Trinajstić information content (AvgIpc) is 2.30. The molecule has 6 heteroatoms. The molecule has 0 saturated carbocycles. The fraction of sp³-hybridized carbons (Fsp3) is 0.571. The third kappa shape index (κ3) is 2.45. The zero-order chi connectivity index (χ0) is 10.1. The molecule has 1 N–H and O–H groups in total. The SMILES string of the molecule is CCS(=O)(=O)Nc1cn(C)nc1C. The number of sulfonamides is 1. The third-order valence-corrected chi connectivity index (χ3v) is 2.95. The van der Waals surface area contributed by atoms with E-state index in [1.54, 1.807) is 31.8 Å². The number of rotatable bonds is 3. The van der Waals surface area contributed by atoms with Crippen LogP contribution in [-0.4, -0.2) is 24.0 Å². The molecule has 0 unspecified atom stereocenters. The maximum Gasteiger partial charge on any atom is 0.232 e. The van der Waals surface area contributed by atoms with E-state index < -0.39 is 10.0 Å². The molecule has 0 aliphatic rings. The summed E-state index contributed by atoms with van der Waals surface area (Å²) in [7, 11) is -1.44. The predicted molar refractivity (Wildman–Crippen MR) is 51.0 cm³/mol. The minimum absolute atomic E-state index is 0.0708. The van der Waals surface area contributed by atoms with Crippen molar-refractivity contribution in [3.8, 4) is 0 Å². The Morgan fingerprint density at radius 1 is 1.62 bits per heavy atom. The molecular formula is C7H13N3O2S. The first kappa shape index (κ1) is 10.0. The van der Waals surface area contributed by atoms with Crippen LogP contribution in [0.25, 0.3) is 0 Å². The number of aromatic nitrogens is 2. The Morgan fingerprint density at radius 3 is 2.62 bits per heavy atom. The Balaban J connectivity index is 2.92. The van der Waals surface area contributed by atoms with Crippen molar-refractivity contribution in [1.29, 1.82) is 0 Å². The number of hydrogen-bond donors (Lipinski definition) is 1. The molecule has 0 atom stereocenters. The minimum Gasteiger partial charge on any atom is -0.280 e. The normalized spacial score (nSPS) is 11.6. The Bertz CT molecular complexity index is 394. The smallest absolute Gasteiger partial charge is 0.232 e. The zero-order valence-electron chi connectivity index (χ0n) is 7.90. The highest BCUT2D eigenvalue weighted by Crippen LogP contribution is 2.12. The summed E-state index contributed by atoms with van der Waals surface area (Å²) in [6, 6.07) is 0. The molecule has 1 aromatic rings. The molecule has 1 heterocycles. The van der Waals surface area contributed by atoms with Gasteiger partial charge in [0, 0.05) is 13.2 Å². The molecule has 13 heavy (non-hydrogen) atoms. The molecule has 0 saturated heterocycles. The van der Waals surface area contributed by atoms with Crippen molar-refractivity contribution < 1.29 is 8.42 Å². The van der Waals surface area contributed by atoms with Crippen molar-refractivity contribution in [2.24, 2.45) is 7.05 Å². The molecule has 1 rings (SSSR count). The molecule has 0 fully saturated rings. The van der Waals surface area contributed by atoms with Gasteiger partial charge in [0.05, 0.1) is 17.1 Å². The maximum atomic E-state index is 11.2. The lowest BCUT2D eigenvalue weighted by Crippen LogP contribution is -2.14. The summed E-state index contributed by atoms with van der Waals surface area (Å²) in [5.41, 5.74) is 1.23.